The fraction of sp³-hybridized carbons (Fsp3) is 0.0566. The Labute approximate surface area is 322 Å². The first-order valence-electron chi connectivity index (χ1n) is 19.1. The molecule has 0 N–H and O–H groups in total. The second-order valence-corrected chi connectivity index (χ2v) is 14.7. The number of benzene rings is 9. The van der Waals surface area contributed by atoms with E-state index in [0.717, 1.165) is 17.1 Å². The van der Waals surface area contributed by atoms with Gasteiger partial charge in [0.2, 0.25) is 0 Å². The van der Waals surface area contributed by atoms with Crippen LogP contribution in [0.1, 0.15) is 16.7 Å². The standard InChI is InChI=1S/C53H40N2/c1-35-17-24-44(25-18-35)55-52-16-10-9-15-49(52)51-33-41(23-32-53(51)55)40-21-28-43(29-22-40)54(42-26-19-39(20-27-42)38-11-5-4-6-12-38)45-30-31-48-47-14-8-7-13-46(47)36(2)37(3)50(48)34-45/h4-34H,1-3H3. The highest BCUT2D eigenvalue weighted by atomic mass is 15.1. The van der Waals surface area contributed by atoms with E-state index in [1.54, 1.807) is 0 Å². The molecule has 1 aromatic heterocycles. The minimum absolute atomic E-state index is 1.11. The van der Waals surface area contributed by atoms with Gasteiger partial charge in [-0.05, 0) is 142 Å². The first kappa shape index (κ1) is 32.7. The lowest BCUT2D eigenvalue weighted by Crippen LogP contribution is -2.10. The average molecular weight is 705 g/mol. The van der Waals surface area contributed by atoms with Crippen molar-refractivity contribution in [1.82, 2.24) is 4.57 Å². The van der Waals surface area contributed by atoms with Crippen LogP contribution in [0.4, 0.5) is 17.1 Å². The predicted molar refractivity (Wildman–Crippen MR) is 236 cm³/mol. The van der Waals surface area contributed by atoms with Crippen LogP contribution in [0, 0.1) is 20.8 Å². The first-order valence-corrected chi connectivity index (χ1v) is 19.1. The number of anilines is 3. The van der Waals surface area contributed by atoms with E-state index in [9.17, 15) is 0 Å². The molecule has 0 saturated heterocycles. The molecule has 262 valence electrons. The summed E-state index contributed by atoms with van der Waals surface area (Å²) >= 11 is 0. The smallest absolute Gasteiger partial charge is 0.0541 e. The van der Waals surface area contributed by atoms with Gasteiger partial charge in [0.15, 0.2) is 0 Å². The second-order valence-electron chi connectivity index (χ2n) is 14.7. The number of aromatic nitrogens is 1. The molecule has 0 saturated carbocycles. The number of nitrogens with zero attached hydrogens (tertiary/aromatic N) is 2. The maximum absolute atomic E-state index is 2.39. The van der Waals surface area contributed by atoms with E-state index in [-0.39, 0.29) is 0 Å². The molecule has 9 aromatic carbocycles. The van der Waals surface area contributed by atoms with Crippen LogP contribution in [-0.4, -0.2) is 4.57 Å². The number of rotatable bonds is 6. The fourth-order valence-electron chi connectivity index (χ4n) is 8.47. The van der Waals surface area contributed by atoms with Crippen molar-refractivity contribution in [3.8, 4) is 27.9 Å². The summed E-state index contributed by atoms with van der Waals surface area (Å²) in [6.07, 6.45) is 0. The molecule has 0 atom stereocenters. The lowest BCUT2D eigenvalue weighted by Gasteiger charge is -2.27. The van der Waals surface area contributed by atoms with E-state index in [0.29, 0.717) is 0 Å². The van der Waals surface area contributed by atoms with Crippen LogP contribution in [0.2, 0.25) is 0 Å². The van der Waals surface area contributed by atoms with Gasteiger partial charge in [-0.15, -0.1) is 0 Å². The van der Waals surface area contributed by atoms with Crippen molar-refractivity contribution in [2.45, 2.75) is 20.8 Å². The zero-order valence-electron chi connectivity index (χ0n) is 31.3. The molecule has 2 nitrogen and oxygen atoms in total. The van der Waals surface area contributed by atoms with Crippen molar-refractivity contribution >= 4 is 60.4 Å². The molecule has 0 aliphatic rings. The summed E-state index contributed by atoms with van der Waals surface area (Å²) in [6, 6.07) is 68.8. The minimum atomic E-state index is 1.11. The molecule has 0 fully saturated rings. The van der Waals surface area contributed by atoms with Gasteiger partial charge in [-0.2, -0.15) is 0 Å². The molecule has 2 heteroatoms. The lowest BCUT2D eigenvalue weighted by molar-refractivity contribution is 1.17. The van der Waals surface area contributed by atoms with Gasteiger partial charge in [-0.3, -0.25) is 0 Å². The summed E-state index contributed by atoms with van der Waals surface area (Å²) in [7, 11) is 0. The summed E-state index contributed by atoms with van der Waals surface area (Å²) in [5.74, 6) is 0. The average Bonchev–Trinajstić information content (AvgIpc) is 3.58. The zero-order chi connectivity index (χ0) is 37.0. The third-order valence-electron chi connectivity index (χ3n) is 11.5. The van der Waals surface area contributed by atoms with Crippen molar-refractivity contribution in [1.29, 1.82) is 0 Å². The maximum atomic E-state index is 2.39. The molecule has 55 heavy (non-hydrogen) atoms. The molecule has 1 heterocycles. The van der Waals surface area contributed by atoms with Crippen LogP contribution in [0.3, 0.4) is 0 Å². The van der Waals surface area contributed by atoms with Crippen molar-refractivity contribution in [3.05, 3.63) is 205 Å². The van der Waals surface area contributed by atoms with Crippen molar-refractivity contribution in [2.75, 3.05) is 4.90 Å². The number of para-hydroxylation sites is 1. The van der Waals surface area contributed by atoms with Crippen LogP contribution in [0.15, 0.2) is 188 Å². The molecule has 0 spiro atoms. The highest BCUT2D eigenvalue weighted by molar-refractivity contribution is 6.12. The molecule has 0 radical (unpaired) electrons. The second kappa shape index (κ2) is 13.2. The highest BCUT2D eigenvalue weighted by Crippen LogP contribution is 2.41. The molecule has 0 unspecified atom stereocenters. The molecule has 0 aliphatic carbocycles. The SMILES string of the molecule is Cc1ccc(-n2c3ccccc3c3cc(-c4ccc(N(c5ccc(-c6ccccc6)cc5)c5ccc6c(c5)c(C)c(C)c5ccccc56)cc4)ccc32)cc1. The van der Waals surface area contributed by atoms with Gasteiger partial charge in [0.25, 0.3) is 0 Å². The summed E-state index contributed by atoms with van der Waals surface area (Å²) in [5, 5.41) is 7.71. The Morgan fingerprint density at radius 1 is 0.327 bits per heavy atom. The molecule has 0 amide bonds. The normalized spacial score (nSPS) is 11.5. The Kier molecular flexibility index (Phi) is 7.85. The lowest BCUT2D eigenvalue weighted by atomic mass is 9.92. The molecule has 0 bridgehead atoms. The number of hydrogen-bond acceptors (Lipinski definition) is 1. The van der Waals surface area contributed by atoms with E-state index in [1.807, 2.05) is 0 Å². The molecular weight excluding hydrogens is 665 g/mol. The van der Waals surface area contributed by atoms with E-state index in [1.165, 1.54) is 88.0 Å². The van der Waals surface area contributed by atoms with Gasteiger partial charge in [-0.1, -0.05) is 127 Å². The van der Waals surface area contributed by atoms with Gasteiger partial charge in [-0.25, -0.2) is 0 Å². The summed E-state index contributed by atoms with van der Waals surface area (Å²) in [4.78, 5) is 2.39. The Hall–Kier alpha value is -6.90. The van der Waals surface area contributed by atoms with Crippen LogP contribution in [0.25, 0.3) is 71.3 Å². The van der Waals surface area contributed by atoms with E-state index < -0.39 is 0 Å². The molecule has 0 aliphatic heterocycles. The van der Waals surface area contributed by atoms with E-state index in [2.05, 4.69) is 218 Å². The maximum Gasteiger partial charge on any atom is 0.0541 e. The third kappa shape index (κ3) is 5.57. The van der Waals surface area contributed by atoms with Gasteiger partial charge < -0.3 is 9.47 Å². The summed E-state index contributed by atoms with van der Waals surface area (Å²) < 4.78 is 2.38. The number of hydrogen-bond donors (Lipinski definition) is 0. The Bertz CT molecular complexity index is 3030. The predicted octanol–water partition coefficient (Wildman–Crippen LogP) is 14.8. The van der Waals surface area contributed by atoms with Crippen molar-refractivity contribution in [3.63, 3.8) is 0 Å². The largest absolute Gasteiger partial charge is 0.310 e. The minimum Gasteiger partial charge on any atom is -0.310 e. The Morgan fingerprint density at radius 3 is 1.55 bits per heavy atom. The quantitative estimate of drug-likeness (QED) is 0.156. The van der Waals surface area contributed by atoms with Gasteiger partial charge in [0, 0.05) is 33.5 Å². The van der Waals surface area contributed by atoms with Crippen LogP contribution in [-0.2, 0) is 0 Å². The van der Waals surface area contributed by atoms with Gasteiger partial charge in [0.1, 0.15) is 0 Å². The molecule has 10 aromatic rings. The summed E-state index contributed by atoms with van der Waals surface area (Å²) in [5.41, 5.74) is 15.7. The monoisotopic (exact) mass is 704 g/mol. The van der Waals surface area contributed by atoms with E-state index >= 15 is 0 Å². The van der Waals surface area contributed by atoms with E-state index in [4.69, 9.17) is 0 Å². The summed E-state index contributed by atoms with van der Waals surface area (Å²) in [6.45, 7) is 6.65. The Balaban J connectivity index is 1.08. The highest BCUT2D eigenvalue weighted by Gasteiger charge is 2.17. The van der Waals surface area contributed by atoms with Crippen LogP contribution in [0.5, 0.6) is 0 Å². The topological polar surface area (TPSA) is 8.17 Å². The van der Waals surface area contributed by atoms with Crippen LogP contribution < -0.4 is 4.90 Å². The first-order chi connectivity index (χ1) is 27.0. The Morgan fingerprint density at radius 2 is 0.836 bits per heavy atom. The number of aryl methyl sites for hydroxylation is 3. The molecule has 10 rings (SSSR count). The van der Waals surface area contributed by atoms with Gasteiger partial charge >= 0.3 is 0 Å². The van der Waals surface area contributed by atoms with Crippen molar-refractivity contribution < 1.29 is 0 Å². The van der Waals surface area contributed by atoms with Crippen molar-refractivity contribution in [2.24, 2.45) is 0 Å². The van der Waals surface area contributed by atoms with Gasteiger partial charge in [0.05, 0.1) is 11.0 Å². The molecular formula is C53H40N2. The zero-order valence-corrected chi connectivity index (χ0v) is 31.3. The number of fused-ring (bicyclic) bond motifs is 6. The third-order valence-corrected chi connectivity index (χ3v) is 11.5. The van der Waals surface area contributed by atoms with Crippen LogP contribution >= 0.6 is 0 Å². The fourth-order valence-corrected chi connectivity index (χ4v) is 8.47.